The van der Waals surface area contributed by atoms with Crippen molar-refractivity contribution in [3.63, 3.8) is 0 Å². The maximum atomic E-state index is 13.4. The Morgan fingerprint density at radius 2 is 1.69 bits per heavy atom. The van der Waals surface area contributed by atoms with Crippen molar-refractivity contribution in [3.05, 3.63) is 83.4 Å². The van der Waals surface area contributed by atoms with Gasteiger partial charge in [-0.05, 0) is 110 Å². The highest BCUT2D eigenvalue weighted by Gasteiger charge is 2.29. The Hall–Kier alpha value is -3.11. The van der Waals surface area contributed by atoms with Crippen LogP contribution in [0.1, 0.15) is 92.1 Å². The lowest BCUT2D eigenvalue weighted by Crippen LogP contribution is -2.39. The van der Waals surface area contributed by atoms with Crippen molar-refractivity contribution in [1.29, 1.82) is 0 Å². The number of rotatable bonds is 10. The number of nitrogens with zero attached hydrogens (tertiary/aromatic N) is 1. The molecule has 2 aliphatic rings. The van der Waals surface area contributed by atoms with Crippen LogP contribution in [0, 0.1) is 0 Å². The highest BCUT2D eigenvalue weighted by Crippen LogP contribution is 2.38. The molecule has 1 amide bonds. The molecule has 1 heterocycles. The second kappa shape index (κ2) is 13.3. The molecule has 206 valence electrons. The lowest BCUT2D eigenvalue weighted by Gasteiger charge is -2.36. The number of aryl methyl sites for hydroxylation is 1. The van der Waals surface area contributed by atoms with Crippen LogP contribution in [0.25, 0.3) is 11.1 Å². The number of unbranched alkanes of at least 4 members (excludes halogenated alkanes) is 2. The topological polar surface area (TPSA) is 41.6 Å². The third-order valence-corrected chi connectivity index (χ3v) is 8.80. The molecule has 2 fully saturated rings. The van der Waals surface area contributed by atoms with Crippen LogP contribution in [-0.2, 0) is 6.42 Å². The van der Waals surface area contributed by atoms with Crippen molar-refractivity contribution in [2.45, 2.75) is 83.1 Å². The molecule has 4 nitrogen and oxygen atoms in total. The zero-order valence-electron chi connectivity index (χ0n) is 23.8. The van der Waals surface area contributed by atoms with Crippen LogP contribution >= 0.6 is 0 Å². The highest BCUT2D eigenvalue weighted by molar-refractivity contribution is 6.04. The van der Waals surface area contributed by atoms with E-state index in [1.165, 1.54) is 60.8 Å². The third-order valence-electron chi connectivity index (χ3n) is 8.80. The number of anilines is 1. The smallest absolute Gasteiger partial charge is 0.255 e. The van der Waals surface area contributed by atoms with Crippen molar-refractivity contribution in [2.75, 3.05) is 25.5 Å². The number of hydrogen-bond donors (Lipinski definition) is 1. The molecule has 5 rings (SSSR count). The maximum absolute atomic E-state index is 13.4. The molecule has 0 bridgehead atoms. The van der Waals surface area contributed by atoms with Crippen molar-refractivity contribution in [2.24, 2.45) is 0 Å². The van der Waals surface area contributed by atoms with Gasteiger partial charge in [-0.25, -0.2) is 0 Å². The van der Waals surface area contributed by atoms with Crippen LogP contribution < -0.4 is 10.1 Å². The quantitative estimate of drug-likeness (QED) is 0.270. The van der Waals surface area contributed by atoms with Crippen molar-refractivity contribution >= 4 is 11.6 Å². The fraction of sp³-hybridized carbons (Fsp3) is 0.457. The summed E-state index contributed by atoms with van der Waals surface area (Å²) in [6.07, 6.45) is 12.3. The van der Waals surface area contributed by atoms with Gasteiger partial charge >= 0.3 is 0 Å². The molecule has 0 unspecified atom stereocenters. The Labute approximate surface area is 234 Å². The molecule has 1 aliphatic carbocycles. The van der Waals surface area contributed by atoms with Gasteiger partial charge < -0.3 is 15.0 Å². The molecular weight excluding hydrogens is 480 g/mol. The maximum Gasteiger partial charge on any atom is 0.255 e. The summed E-state index contributed by atoms with van der Waals surface area (Å²) in [5, 5.41) is 3.19. The largest absolute Gasteiger partial charge is 0.496 e. The minimum absolute atomic E-state index is 0.0569. The first-order valence-electron chi connectivity index (χ1n) is 15.1. The summed E-state index contributed by atoms with van der Waals surface area (Å²) in [7, 11) is 1.75. The van der Waals surface area contributed by atoms with Gasteiger partial charge in [0, 0.05) is 17.3 Å². The SMILES string of the molecule is CCCCCc1cc(C(=O)Nc2ccc(OC)c(C3CCN(C4CCCC4)CC3)c2)ccc1-c1ccccc1. The average molecular weight is 525 g/mol. The number of hydrogen-bond acceptors (Lipinski definition) is 3. The molecule has 4 heteroatoms. The van der Waals surface area contributed by atoms with E-state index in [2.05, 4.69) is 59.6 Å². The van der Waals surface area contributed by atoms with E-state index >= 15 is 0 Å². The van der Waals surface area contributed by atoms with Gasteiger partial charge in [-0.1, -0.05) is 69.0 Å². The number of carbonyl (C=O) groups excluding carboxylic acids is 1. The summed E-state index contributed by atoms with van der Waals surface area (Å²) in [6.45, 7) is 4.54. The number of ether oxygens (including phenoxy) is 1. The first-order valence-corrected chi connectivity index (χ1v) is 15.1. The number of methoxy groups -OCH3 is 1. The van der Waals surface area contributed by atoms with Gasteiger partial charge in [0.25, 0.3) is 5.91 Å². The van der Waals surface area contributed by atoms with Crippen LogP contribution in [0.4, 0.5) is 5.69 Å². The Kier molecular flexibility index (Phi) is 9.36. The zero-order valence-corrected chi connectivity index (χ0v) is 23.8. The highest BCUT2D eigenvalue weighted by atomic mass is 16.5. The van der Waals surface area contributed by atoms with E-state index < -0.39 is 0 Å². The van der Waals surface area contributed by atoms with Crippen molar-refractivity contribution in [3.8, 4) is 16.9 Å². The van der Waals surface area contributed by atoms with Gasteiger partial charge in [0.05, 0.1) is 7.11 Å². The van der Waals surface area contributed by atoms with Gasteiger partial charge in [0.15, 0.2) is 0 Å². The van der Waals surface area contributed by atoms with Gasteiger partial charge in [-0.2, -0.15) is 0 Å². The summed E-state index contributed by atoms with van der Waals surface area (Å²) in [5.41, 5.74) is 6.44. The van der Waals surface area contributed by atoms with Crippen LogP contribution in [0.3, 0.4) is 0 Å². The van der Waals surface area contributed by atoms with Crippen molar-refractivity contribution in [1.82, 2.24) is 4.90 Å². The molecule has 3 aromatic carbocycles. The minimum Gasteiger partial charge on any atom is -0.496 e. The Morgan fingerprint density at radius 1 is 0.923 bits per heavy atom. The molecule has 1 saturated heterocycles. The number of piperidine rings is 1. The average Bonchev–Trinajstić information content (AvgIpc) is 3.53. The van der Waals surface area contributed by atoms with Gasteiger partial charge in [0.1, 0.15) is 5.75 Å². The fourth-order valence-electron chi connectivity index (χ4n) is 6.59. The Morgan fingerprint density at radius 3 is 2.41 bits per heavy atom. The predicted octanol–water partition coefficient (Wildman–Crippen LogP) is 8.47. The molecule has 3 aromatic rings. The van der Waals surface area contributed by atoms with Crippen LogP contribution in [0.2, 0.25) is 0 Å². The monoisotopic (exact) mass is 524 g/mol. The molecule has 1 aliphatic heterocycles. The number of benzene rings is 3. The van der Waals surface area contributed by atoms with Gasteiger partial charge in [0.2, 0.25) is 0 Å². The normalized spacial score (nSPS) is 16.9. The second-order valence-electron chi connectivity index (χ2n) is 11.4. The molecule has 0 spiro atoms. The van der Waals surface area contributed by atoms with Gasteiger partial charge in [-0.3, -0.25) is 4.79 Å². The summed E-state index contributed by atoms with van der Waals surface area (Å²) < 4.78 is 5.76. The fourth-order valence-corrected chi connectivity index (χ4v) is 6.59. The van der Waals surface area contributed by atoms with E-state index in [9.17, 15) is 4.79 Å². The minimum atomic E-state index is -0.0569. The molecule has 0 atom stereocenters. The number of nitrogens with one attached hydrogen (secondary N) is 1. The first-order chi connectivity index (χ1) is 19.2. The first kappa shape index (κ1) is 27.5. The van der Waals surface area contributed by atoms with Crippen LogP contribution in [-0.4, -0.2) is 37.0 Å². The van der Waals surface area contributed by atoms with E-state index in [-0.39, 0.29) is 5.91 Å². The predicted molar refractivity (Wildman–Crippen MR) is 162 cm³/mol. The van der Waals surface area contributed by atoms with E-state index in [0.717, 1.165) is 56.3 Å². The third kappa shape index (κ3) is 6.73. The zero-order chi connectivity index (χ0) is 27.0. The van der Waals surface area contributed by atoms with E-state index in [0.29, 0.717) is 11.5 Å². The molecule has 0 aromatic heterocycles. The number of likely N-dealkylation sites (tertiary alicyclic amines) is 1. The molecule has 39 heavy (non-hydrogen) atoms. The van der Waals surface area contributed by atoms with Gasteiger partial charge in [-0.15, -0.1) is 0 Å². The lowest BCUT2D eigenvalue weighted by molar-refractivity contribution is 0.102. The summed E-state index contributed by atoms with van der Waals surface area (Å²) in [5.74, 6) is 1.33. The number of carbonyl (C=O) groups is 1. The molecule has 1 N–H and O–H groups in total. The lowest BCUT2D eigenvalue weighted by atomic mass is 9.87. The standard InChI is InChI=1S/C35H44N2O2/c1-3-4-6-13-28-24-29(16-18-32(28)26-11-7-5-8-12-26)35(38)36-30-17-19-34(39-2)33(25-30)27-20-22-37(23-21-27)31-14-9-10-15-31/h5,7-8,11-12,16-19,24-25,27,31H,3-4,6,9-10,13-15,20-23H2,1-2H3,(H,36,38). The molecule has 0 radical (unpaired) electrons. The molecular formula is C35H44N2O2. The van der Waals surface area contributed by atoms with Crippen LogP contribution in [0.5, 0.6) is 5.75 Å². The van der Waals surface area contributed by atoms with Crippen molar-refractivity contribution < 1.29 is 9.53 Å². The van der Waals surface area contributed by atoms with E-state index in [4.69, 9.17) is 4.74 Å². The van der Waals surface area contributed by atoms with E-state index in [1.807, 2.05) is 24.3 Å². The Bertz CT molecular complexity index is 1220. The summed E-state index contributed by atoms with van der Waals surface area (Å²) >= 11 is 0. The number of amides is 1. The molecule has 1 saturated carbocycles. The second-order valence-corrected chi connectivity index (χ2v) is 11.4. The Balaban J connectivity index is 1.31. The summed E-state index contributed by atoms with van der Waals surface area (Å²) in [6, 6.07) is 23.6. The van der Waals surface area contributed by atoms with Crippen LogP contribution in [0.15, 0.2) is 66.7 Å². The van der Waals surface area contributed by atoms with E-state index in [1.54, 1.807) is 7.11 Å². The summed E-state index contributed by atoms with van der Waals surface area (Å²) in [4.78, 5) is 16.1.